The zero-order valence-electron chi connectivity index (χ0n) is 14.6. The summed E-state index contributed by atoms with van der Waals surface area (Å²) in [7, 11) is -1.73. The van der Waals surface area contributed by atoms with Gasteiger partial charge in [0.05, 0.1) is 0 Å². The molecular weight excluding hydrogens is 294 g/mol. The largest absolute Gasteiger partial charge is 0.444 e. The van der Waals surface area contributed by atoms with Gasteiger partial charge in [-0.25, -0.2) is 4.79 Å². The summed E-state index contributed by atoms with van der Waals surface area (Å²) in [6, 6.07) is 9.75. The van der Waals surface area contributed by atoms with Gasteiger partial charge in [0.2, 0.25) is 0 Å². The van der Waals surface area contributed by atoms with Gasteiger partial charge in [0.1, 0.15) is 12.8 Å². The molecule has 0 saturated carbocycles. The molecule has 1 amide bonds. The molecule has 1 rings (SSSR count). The summed E-state index contributed by atoms with van der Waals surface area (Å²) >= 11 is 0. The fourth-order valence-corrected chi connectivity index (χ4v) is 3.30. The Balaban J connectivity index is 2.74. The molecule has 0 saturated heterocycles. The van der Waals surface area contributed by atoms with Crippen molar-refractivity contribution in [2.24, 2.45) is 0 Å². The topological polar surface area (TPSA) is 38.8 Å². The van der Waals surface area contributed by atoms with Gasteiger partial charge in [-0.1, -0.05) is 37.3 Å². The Bertz CT molecular complexity index is 457. The Morgan fingerprint density at radius 1 is 1.18 bits per heavy atom. The molecule has 1 atom stereocenters. The molecule has 0 fully saturated rings. The van der Waals surface area contributed by atoms with Crippen molar-refractivity contribution in [1.29, 1.82) is 0 Å². The molecule has 0 heterocycles. The summed E-state index contributed by atoms with van der Waals surface area (Å²) in [5.74, 6) is 0. The average molecular weight is 324 g/mol. The summed E-state index contributed by atoms with van der Waals surface area (Å²) in [6.07, 6.45) is 0.210. The highest BCUT2D eigenvalue weighted by Gasteiger charge is 2.31. The van der Waals surface area contributed by atoms with Gasteiger partial charge < -0.3 is 9.16 Å². The van der Waals surface area contributed by atoms with Crippen LogP contribution < -0.4 is 0 Å². The third kappa shape index (κ3) is 6.20. The molecule has 0 aromatic heterocycles. The Labute approximate surface area is 135 Å². The number of ether oxygens (including phenoxy) is 1. The number of nitrogens with zero attached hydrogens (tertiary/aromatic N) is 1. The fourth-order valence-electron chi connectivity index (χ4n) is 2.20. The average Bonchev–Trinajstić information content (AvgIpc) is 2.43. The van der Waals surface area contributed by atoms with E-state index >= 15 is 0 Å². The van der Waals surface area contributed by atoms with Crippen LogP contribution in [-0.4, -0.2) is 31.6 Å². The molecule has 5 heteroatoms. The highest BCUT2D eigenvalue weighted by atomic mass is 28.4. The number of rotatable bonds is 7. The SMILES string of the molecule is CCC(O[Si](C)(C)C)N(C(=O)OCc1ccccc1)C(C)C. The van der Waals surface area contributed by atoms with E-state index in [2.05, 4.69) is 19.6 Å². The standard InChI is InChI=1S/C17H29NO3Si/c1-7-16(21-22(4,5)6)18(14(2)3)17(19)20-13-15-11-9-8-10-12-15/h8-12,14,16H,7,13H2,1-6H3. The van der Waals surface area contributed by atoms with Crippen LogP contribution in [0.1, 0.15) is 32.8 Å². The Morgan fingerprint density at radius 3 is 2.23 bits per heavy atom. The lowest BCUT2D eigenvalue weighted by Crippen LogP contribution is -2.49. The molecule has 0 spiro atoms. The van der Waals surface area contributed by atoms with Crippen LogP contribution in [0.2, 0.25) is 19.6 Å². The molecule has 0 aliphatic carbocycles. The summed E-state index contributed by atoms with van der Waals surface area (Å²) in [4.78, 5) is 14.2. The number of hydrogen-bond acceptors (Lipinski definition) is 3. The maximum Gasteiger partial charge on any atom is 0.412 e. The van der Waals surface area contributed by atoms with Crippen LogP contribution in [0.4, 0.5) is 4.79 Å². The van der Waals surface area contributed by atoms with Gasteiger partial charge in [0, 0.05) is 6.04 Å². The molecular formula is C17H29NO3Si. The first kappa shape index (κ1) is 18.7. The van der Waals surface area contributed by atoms with E-state index in [0.29, 0.717) is 0 Å². The van der Waals surface area contributed by atoms with E-state index < -0.39 is 8.32 Å². The molecule has 1 aromatic rings. The summed E-state index contributed by atoms with van der Waals surface area (Å²) in [6.45, 7) is 12.7. The fraction of sp³-hybridized carbons (Fsp3) is 0.588. The second-order valence-electron chi connectivity index (χ2n) is 6.63. The van der Waals surface area contributed by atoms with Crippen molar-refractivity contribution >= 4 is 14.4 Å². The monoisotopic (exact) mass is 323 g/mol. The number of amides is 1. The number of carbonyl (C=O) groups is 1. The van der Waals surface area contributed by atoms with Crippen LogP contribution in [0.25, 0.3) is 0 Å². The molecule has 4 nitrogen and oxygen atoms in total. The third-order valence-electron chi connectivity index (χ3n) is 3.12. The van der Waals surface area contributed by atoms with Crippen molar-refractivity contribution in [1.82, 2.24) is 4.90 Å². The molecule has 1 unspecified atom stereocenters. The van der Waals surface area contributed by atoms with Crippen molar-refractivity contribution in [3.8, 4) is 0 Å². The molecule has 124 valence electrons. The van der Waals surface area contributed by atoms with E-state index in [9.17, 15) is 4.79 Å². The number of hydrogen-bond donors (Lipinski definition) is 0. The highest BCUT2D eigenvalue weighted by Crippen LogP contribution is 2.18. The van der Waals surface area contributed by atoms with Crippen LogP contribution in [0.3, 0.4) is 0 Å². The summed E-state index contributed by atoms with van der Waals surface area (Å²) in [5.41, 5.74) is 0.985. The molecule has 0 aliphatic rings. The van der Waals surface area contributed by atoms with Crippen molar-refractivity contribution < 1.29 is 14.0 Å². The van der Waals surface area contributed by atoms with Crippen LogP contribution in [0.15, 0.2) is 30.3 Å². The molecule has 0 bridgehead atoms. The summed E-state index contributed by atoms with van der Waals surface area (Å²) < 4.78 is 11.6. The van der Waals surface area contributed by atoms with Gasteiger partial charge in [-0.15, -0.1) is 0 Å². The number of benzene rings is 1. The van der Waals surface area contributed by atoms with Crippen LogP contribution >= 0.6 is 0 Å². The lowest BCUT2D eigenvalue weighted by molar-refractivity contribution is -0.00928. The van der Waals surface area contributed by atoms with E-state index in [4.69, 9.17) is 9.16 Å². The minimum absolute atomic E-state index is 0.0320. The first-order valence-electron chi connectivity index (χ1n) is 7.91. The molecule has 1 aromatic carbocycles. The lowest BCUT2D eigenvalue weighted by Gasteiger charge is -2.37. The van der Waals surface area contributed by atoms with Crippen LogP contribution in [-0.2, 0) is 15.8 Å². The van der Waals surface area contributed by atoms with Crippen molar-refractivity contribution in [2.75, 3.05) is 0 Å². The van der Waals surface area contributed by atoms with E-state index in [1.807, 2.05) is 51.1 Å². The Kier molecular flexibility index (Phi) is 7.09. The maximum absolute atomic E-state index is 12.5. The smallest absolute Gasteiger partial charge is 0.412 e. The first-order valence-corrected chi connectivity index (χ1v) is 11.3. The third-order valence-corrected chi connectivity index (χ3v) is 4.10. The summed E-state index contributed by atoms with van der Waals surface area (Å²) in [5, 5.41) is 0. The van der Waals surface area contributed by atoms with Gasteiger partial charge in [0.15, 0.2) is 8.32 Å². The van der Waals surface area contributed by atoms with E-state index in [1.165, 1.54) is 0 Å². The quantitative estimate of drug-likeness (QED) is 0.543. The van der Waals surface area contributed by atoms with Gasteiger partial charge >= 0.3 is 6.09 Å². The molecule has 22 heavy (non-hydrogen) atoms. The Morgan fingerprint density at radius 2 is 1.77 bits per heavy atom. The minimum atomic E-state index is -1.73. The van der Waals surface area contributed by atoms with Gasteiger partial charge in [0.25, 0.3) is 0 Å². The second kappa shape index (κ2) is 8.34. The second-order valence-corrected chi connectivity index (χ2v) is 11.1. The molecule has 0 N–H and O–H groups in total. The predicted molar refractivity (Wildman–Crippen MR) is 92.1 cm³/mol. The van der Waals surface area contributed by atoms with Crippen molar-refractivity contribution in [3.05, 3.63) is 35.9 Å². The Hall–Kier alpha value is -1.33. The van der Waals surface area contributed by atoms with Crippen LogP contribution in [0, 0.1) is 0 Å². The predicted octanol–water partition coefficient (Wildman–Crippen LogP) is 4.62. The van der Waals surface area contributed by atoms with E-state index in [1.54, 1.807) is 4.90 Å². The van der Waals surface area contributed by atoms with Gasteiger partial charge in [-0.3, -0.25) is 4.90 Å². The van der Waals surface area contributed by atoms with Crippen LogP contribution in [0.5, 0.6) is 0 Å². The van der Waals surface area contributed by atoms with Crippen molar-refractivity contribution in [3.63, 3.8) is 0 Å². The number of carbonyl (C=O) groups excluding carboxylic acids is 1. The van der Waals surface area contributed by atoms with Gasteiger partial charge in [-0.05, 0) is 45.5 Å². The first-order chi connectivity index (χ1) is 10.2. The zero-order valence-corrected chi connectivity index (χ0v) is 15.6. The van der Waals surface area contributed by atoms with Crippen molar-refractivity contribution in [2.45, 2.75) is 65.7 Å². The maximum atomic E-state index is 12.5. The van der Waals surface area contributed by atoms with E-state index in [0.717, 1.165) is 12.0 Å². The van der Waals surface area contributed by atoms with Gasteiger partial charge in [-0.2, -0.15) is 0 Å². The molecule has 0 radical (unpaired) electrons. The minimum Gasteiger partial charge on any atom is -0.444 e. The molecule has 0 aliphatic heterocycles. The zero-order chi connectivity index (χ0) is 16.8. The van der Waals surface area contributed by atoms with E-state index in [-0.39, 0.29) is 25.0 Å². The highest BCUT2D eigenvalue weighted by molar-refractivity contribution is 6.69. The normalized spacial score (nSPS) is 13.0. The lowest BCUT2D eigenvalue weighted by atomic mass is 10.2.